The molecule has 1 aliphatic heterocycles. The Morgan fingerprint density at radius 1 is 0.920 bits per heavy atom. The molecule has 1 fully saturated rings. The molecule has 134 valence electrons. The molecule has 0 unspecified atom stereocenters. The summed E-state index contributed by atoms with van der Waals surface area (Å²) in [4.78, 5) is 0. The van der Waals surface area contributed by atoms with E-state index in [2.05, 4.69) is 0 Å². The zero-order valence-electron chi connectivity index (χ0n) is 15.7. The number of benzene rings is 2. The van der Waals surface area contributed by atoms with Crippen molar-refractivity contribution in [1.82, 2.24) is 0 Å². The Balaban J connectivity index is 2.12. The molecule has 0 aromatic heterocycles. The maximum Gasteiger partial charge on any atom is 0.495 e. The molecule has 2 aromatic rings. The first-order valence-corrected chi connectivity index (χ1v) is 8.38. The lowest BCUT2D eigenvalue weighted by Gasteiger charge is -2.32. The van der Waals surface area contributed by atoms with Crippen molar-refractivity contribution in [3.05, 3.63) is 30.3 Å². The molecule has 0 N–H and O–H groups in total. The van der Waals surface area contributed by atoms with Crippen LogP contribution in [-0.4, -0.2) is 39.3 Å². The largest absolute Gasteiger partial charge is 0.496 e. The van der Waals surface area contributed by atoms with Crippen molar-refractivity contribution < 1.29 is 23.5 Å². The highest BCUT2D eigenvalue weighted by Crippen LogP contribution is 2.39. The fourth-order valence-corrected chi connectivity index (χ4v) is 2.95. The maximum atomic E-state index is 6.22. The van der Waals surface area contributed by atoms with Gasteiger partial charge in [0, 0.05) is 7.11 Å². The molecule has 5 nitrogen and oxygen atoms in total. The van der Waals surface area contributed by atoms with Crippen molar-refractivity contribution in [2.75, 3.05) is 21.0 Å². The van der Waals surface area contributed by atoms with Crippen LogP contribution in [0.3, 0.4) is 0 Å². The van der Waals surface area contributed by atoms with E-state index < -0.39 is 18.3 Å². The van der Waals surface area contributed by atoms with Gasteiger partial charge in [-0.25, -0.2) is 0 Å². The highest BCUT2D eigenvalue weighted by molar-refractivity contribution is 6.65. The minimum Gasteiger partial charge on any atom is -0.496 e. The summed E-state index contributed by atoms with van der Waals surface area (Å²) in [6.45, 7) is 8.36. The minimum atomic E-state index is -0.448. The van der Waals surface area contributed by atoms with Crippen LogP contribution in [0.2, 0.25) is 0 Å². The van der Waals surface area contributed by atoms with Crippen LogP contribution in [-0.2, 0) is 14.0 Å². The van der Waals surface area contributed by atoms with Crippen molar-refractivity contribution in [2.45, 2.75) is 38.9 Å². The zero-order valence-corrected chi connectivity index (χ0v) is 15.7. The fraction of sp³-hybridized carbons (Fsp3) is 0.474. The summed E-state index contributed by atoms with van der Waals surface area (Å²) in [6.07, 6.45) is 0. The van der Waals surface area contributed by atoms with E-state index in [1.54, 1.807) is 14.2 Å². The molecule has 2 aromatic carbocycles. The molecule has 0 aliphatic carbocycles. The Morgan fingerprint density at radius 3 is 2.20 bits per heavy atom. The molecule has 6 heteroatoms. The molecule has 0 amide bonds. The SMILES string of the molecule is COCOc1cccc2c(B3OC(C)(C)C(C)(C)O3)ccc(OC)c12. The van der Waals surface area contributed by atoms with Crippen molar-refractivity contribution in [3.63, 3.8) is 0 Å². The lowest BCUT2D eigenvalue weighted by Crippen LogP contribution is -2.41. The Labute approximate surface area is 149 Å². The first-order valence-electron chi connectivity index (χ1n) is 8.38. The second-order valence-corrected chi connectivity index (χ2v) is 7.17. The highest BCUT2D eigenvalue weighted by atomic mass is 16.7. The smallest absolute Gasteiger partial charge is 0.495 e. The number of rotatable bonds is 5. The van der Waals surface area contributed by atoms with Gasteiger partial charge in [-0.05, 0) is 50.7 Å². The van der Waals surface area contributed by atoms with Crippen molar-refractivity contribution in [2.24, 2.45) is 0 Å². The monoisotopic (exact) mass is 344 g/mol. The standard InChI is InChI=1S/C19H25BO5/c1-18(2)19(3,4)25-20(24-18)14-10-11-15(22-6)17-13(14)8-7-9-16(17)23-12-21-5/h7-11H,12H2,1-6H3. The average molecular weight is 344 g/mol. The maximum absolute atomic E-state index is 6.22. The van der Waals surface area contributed by atoms with Gasteiger partial charge >= 0.3 is 7.12 Å². The predicted octanol–water partition coefficient (Wildman–Crippen LogP) is 3.13. The Morgan fingerprint density at radius 2 is 1.60 bits per heavy atom. The summed E-state index contributed by atoms with van der Waals surface area (Å²) >= 11 is 0. The first-order chi connectivity index (χ1) is 11.8. The Hall–Kier alpha value is -1.76. The van der Waals surface area contributed by atoms with Crippen molar-refractivity contribution in [3.8, 4) is 11.5 Å². The summed E-state index contributed by atoms with van der Waals surface area (Å²) in [7, 11) is 2.80. The van der Waals surface area contributed by atoms with E-state index in [0.29, 0.717) is 5.75 Å². The molecule has 0 atom stereocenters. The molecular formula is C19H25BO5. The van der Waals surface area contributed by atoms with E-state index in [4.69, 9.17) is 23.5 Å². The number of ether oxygens (including phenoxy) is 3. The van der Waals surface area contributed by atoms with Crippen LogP contribution in [0.15, 0.2) is 30.3 Å². The van der Waals surface area contributed by atoms with Gasteiger partial charge in [0.15, 0.2) is 6.79 Å². The van der Waals surface area contributed by atoms with Crippen molar-refractivity contribution >= 4 is 23.4 Å². The molecule has 0 saturated carbocycles. The minimum absolute atomic E-state index is 0.170. The van der Waals surface area contributed by atoms with E-state index in [1.807, 2.05) is 58.0 Å². The summed E-state index contributed by atoms with van der Waals surface area (Å²) in [5.74, 6) is 1.44. The quantitative estimate of drug-likeness (QED) is 0.616. The van der Waals surface area contributed by atoms with E-state index in [9.17, 15) is 0 Å². The van der Waals surface area contributed by atoms with E-state index in [1.165, 1.54) is 0 Å². The van der Waals surface area contributed by atoms with E-state index in [-0.39, 0.29) is 6.79 Å². The number of fused-ring (bicyclic) bond motifs is 1. The first kappa shape index (κ1) is 18.0. The van der Waals surface area contributed by atoms with Crippen LogP contribution < -0.4 is 14.9 Å². The van der Waals surface area contributed by atoms with Gasteiger partial charge in [-0.15, -0.1) is 0 Å². The average Bonchev–Trinajstić information content (AvgIpc) is 2.79. The third kappa shape index (κ3) is 3.10. The van der Waals surface area contributed by atoms with Crippen LogP contribution in [0.1, 0.15) is 27.7 Å². The Bertz CT molecular complexity index is 756. The normalized spacial score (nSPS) is 18.6. The molecule has 25 heavy (non-hydrogen) atoms. The van der Waals surface area contributed by atoms with E-state index in [0.717, 1.165) is 22.0 Å². The molecule has 0 radical (unpaired) electrons. The number of hydrogen-bond acceptors (Lipinski definition) is 5. The molecule has 0 spiro atoms. The van der Waals surface area contributed by atoms with Crippen LogP contribution in [0.4, 0.5) is 0 Å². The topological polar surface area (TPSA) is 46.2 Å². The Kier molecular flexibility index (Phi) is 4.71. The molecule has 3 rings (SSSR count). The van der Waals surface area contributed by atoms with E-state index >= 15 is 0 Å². The van der Waals surface area contributed by atoms with Crippen molar-refractivity contribution in [1.29, 1.82) is 0 Å². The van der Waals surface area contributed by atoms with Gasteiger partial charge < -0.3 is 23.5 Å². The molecular weight excluding hydrogens is 319 g/mol. The third-order valence-electron chi connectivity index (χ3n) is 5.06. The van der Waals surface area contributed by atoms with Crippen LogP contribution in [0, 0.1) is 0 Å². The molecule has 1 saturated heterocycles. The van der Waals surface area contributed by atoms with Gasteiger partial charge in [-0.3, -0.25) is 0 Å². The predicted molar refractivity (Wildman–Crippen MR) is 98.7 cm³/mol. The third-order valence-corrected chi connectivity index (χ3v) is 5.06. The summed E-state index contributed by atoms with van der Waals surface area (Å²) in [5, 5.41) is 1.86. The fourth-order valence-electron chi connectivity index (χ4n) is 2.95. The zero-order chi connectivity index (χ0) is 18.2. The second kappa shape index (κ2) is 6.52. The van der Waals surface area contributed by atoms with Gasteiger partial charge in [0.25, 0.3) is 0 Å². The molecule has 1 aliphatic rings. The molecule has 1 heterocycles. The summed E-state index contributed by atoms with van der Waals surface area (Å²) in [6, 6.07) is 9.78. The lowest BCUT2D eigenvalue weighted by molar-refractivity contribution is 0.00578. The van der Waals surface area contributed by atoms with Gasteiger partial charge in [-0.2, -0.15) is 0 Å². The molecule has 0 bridgehead atoms. The lowest BCUT2D eigenvalue weighted by atomic mass is 9.76. The van der Waals surface area contributed by atoms with Crippen LogP contribution >= 0.6 is 0 Å². The number of methoxy groups -OCH3 is 2. The summed E-state index contributed by atoms with van der Waals surface area (Å²) < 4.78 is 28.8. The van der Waals surface area contributed by atoms with Crippen LogP contribution in [0.5, 0.6) is 11.5 Å². The van der Waals surface area contributed by atoms with Gasteiger partial charge in [0.1, 0.15) is 11.5 Å². The van der Waals surface area contributed by atoms with Gasteiger partial charge in [-0.1, -0.05) is 18.2 Å². The second-order valence-electron chi connectivity index (χ2n) is 7.17. The van der Waals surface area contributed by atoms with Gasteiger partial charge in [0.2, 0.25) is 0 Å². The number of hydrogen-bond donors (Lipinski definition) is 0. The summed E-state index contributed by atoms with van der Waals surface area (Å²) in [5.41, 5.74) is 0.166. The van der Waals surface area contributed by atoms with Crippen LogP contribution in [0.25, 0.3) is 10.8 Å². The highest BCUT2D eigenvalue weighted by Gasteiger charge is 2.52. The van der Waals surface area contributed by atoms with Gasteiger partial charge in [0.05, 0.1) is 23.7 Å².